The molecule has 118 valence electrons. The minimum atomic E-state index is -0.260. The zero-order valence-corrected chi connectivity index (χ0v) is 12.9. The molecular weight excluding hydrogens is 279 g/mol. The van der Waals surface area contributed by atoms with Crippen molar-refractivity contribution in [1.29, 1.82) is 0 Å². The number of rotatable bonds is 8. The molecule has 2 aromatic carbocycles. The molecule has 3 nitrogen and oxygen atoms in total. The largest absolute Gasteiger partial charge is 0.395 e. The van der Waals surface area contributed by atoms with Crippen LogP contribution in [0.1, 0.15) is 18.1 Å². The topological polar surface area (TPSA) is 35.5 Å². The highest BCUT2D eigenvalue weighted by Gasteiger charge is 2.12. The molecule has 22 heavy (non-hydrogen) atoms. The molecular formula is C18H23FN2O. The number of nitrogens with zero attached hydrogens (tertiary/aromatic N) is 1. The van der Waals surface area contributed by atoms with Gasteiger partial charge in [-0.25, -0.2) is 4.39 Å². The molecule has 0 aliphatic carbocycles. The van der Waals surface area contributed by atoms with Crippen LogP contribution < -0.4 is 10.2 Å². The molecule has 0 saturated carbocycles. The second kappa shape index (κ2) is 8.51. The molecule has 2 rings (SSSR count). The van der Waals surface area contributed by atoms with Crippen LogP contribution in [0.15, 0.2) is 48.5 Å². The van der Waals surface area contributed by atoms with E-state index in [4.69, 9.17) is 0 Å². The second-order valence-corrected chi connectivity index (χ2v) is 5.20. The lowest BCUT2D eigenvalue weighted by molar-refractivity contribution is 0.301. The van der Waals surface area contributed by atoms with Crippen molar-refractivity contribution in [3.05, 3.63) is 65.5 Å². The Balaban J connectivity index is 2.23. The van der Waals surface area contributed by atoms with Crippen LogP contribution in [0.3, 0.4) is 0 Å². The first kappa shape index (κ1) is 16.5. The summed E-state index contributed by atoms with van der Waals surface area (Å²) in [6.07, 6.45) is 0. The molecule has 0 spiro atoms. The Morgan fingerprint density at radius 3 is 2.55 bits per heavy atom. The fraction of sp³-hybridized carbons (Fsp3) is 0.333. The molecule has 0 fully saturated rings. The highest BCUT2D eigenvalue weighted by molar-refractivity contribution is 5.50. The smallest absolute Gasteiger partial charge is 0.146 e. The van der Waals surface area contributed by atoms with Crippen LogP contribution in [0.5, 0.6) is 0 Å². The monoisotopic (exact) mass is 302 g/mol. The third kappa shape index (κ3) is 4.55. The van der Waals surface area contributed by atoms with E-state index in [1.807, 2.05) is 48.2 Å². The van der Waals surface area contributed by atoms with E-state index in [-0.39, 0.29) is 12.4 Å². The van der Waals surface area contributed by atoms with Crippen molar-refractivity contribution in [1.82, 2.24) is 5.32 Å². The summed E-state index contributed by atoms with van der Waals surface area (Å²) in [5.74, 6) is -0.260. The van der Waals surface area contributed by atoms with Gasteiger partial charge in [-0.1, -0.05) is 43.3 Å². The Labute approximate surface area is 131 Å². The first-order valence-electron chi connectivity index (χ1n) is 7.63. The van der Waals surface area contributed by atoms with Gasteiger partial charge < -0.3 is 15.3 Å². The van der Waals surface area contributed by atoms with Gasteiger partial charge in [0, 0.05) is 19.6 Å². The minimum absolute atomic E-state index is 0.0102. The van der Waals surface area contributed by atoms with Crippen molar-refractivity contribution in [2.75, 3.05) is 24.6 Å². The van der Waals surface area contributed by atoms with Crippen molar-refractivity contribution in [2.24, 2.45) is 0 Å². The van der Waals surface area contributed by atoms with E-state index in [0.717, 1.165) is 17.7 Å². The van der Waals surface area contributed by atoms with Crippen molar-refractivity contribution < 1.29 is 9.50 Å². The average molecular weight is 302 g/mol. The molecule has 0 amide bonds. The van der Waals surface area contributed by atoms with E-state index in [9.17, 15) is 9.50 Å². The van der Waals surface area contributed by atoms with E-state index >= 15 is 0 Å². The van der Waals surface area contributed by atoms with E-state index in [1.54, 1.807) is 6.07 Å². The van der Waals surface area contributed by atoms with Crippen LogP contribution in [-0.2, 0) is 13.1 Å². The highest BCUT2D eigenvalue weighted by Crippen LogP contribution is 2.23. The predicted molar refractivity (Wildman–Crippen MR) is 88.4 cm³/mol. The quantitative estimate of drug-likeness (QED) is 0.787. The summed E-state index contributed by atoms with van der Waals surface area (Å²) < 4.78 is 14.2. The molecule has 0 unspecified atom stereocenters. The summed E-state index contributed by atoms with van der Waals surface area (Å²) in [5, 5.41) is 12.5. The molecule has 0 aromatic heterocycles. The van der Waals surface area contributed by atoms with Gasteiger partial charge >= 0.3 is 0 Å². The maximum absolute atomic E-state index is 14.2. The van der Waals surface area contributed by atoms with Gasteiger partial charge in [0.1, 0.15) is 5.82 Å². The highest BCUT2D eigenvalue weighted by atomic mass is 19.1. The van der Waals surface area contributed by atoms with E-state index in [0.29, 0.717) is 25.3 Å². The number of aliphatic hydroxyl groups is 1. The molecule has 2 aromatic rings. The molecule has 0 aliphatic heterocycles. The summed E-state index contributed by atoms with van der Waals surface area (Å²) in [5.41, 5.74) is 2.66. The predicted octanol–water partition coefficient (Wildman–Crippen LogP) is 2.93. The molecule has 4 heteroatoms. The summed E-state index contributed by atoms with van der Waals surface area (Å²) in [6.45, 7) is 4.58. The Hall–Kier alpha value is -1.91. The van der Waals surface area contributed by atoms with Gasteiger partial charge in [0.25, 0.3) is 0 Å². The van der Waals surface area contributed by atoms with Gasteiger partial charge in [-0.2, -0.15) is 0 Å². The SMILES string of the molecule is CCNCc1ccc(F)c(N(CCO)Cc2ccccc2)c1. The Bertz CT molecular complexity index is 575. The van der Waals surface area contributed by atoms with Gasteiger partial charge in [-0.15, -0.1) is 0 Å². The average Bonchev–Trinajstić information content (AvgIpc) is 2.55. The molecule has 2 N–H and O–H groups in total. The molecule has 0 aliphatic rings. The summed E-state index contributed by atoms with van der Waals surface area (Å²) >= 11 is 0. The van der Waals surface area contributed by atoms with Crippen LogP contribution in [0.4, 0.5) is 10.1 Å². The number of hydrogen-bond acceptors (Lipinski definition) is 3. The molecule has 0 atom stereocenters. The number of aliphatic hydroxyl groups excluding tert-OH is 1. The summed E-state index contributed by atoms with van der Waals surface area (Å²) in [7, 11) is 0. The maximum Gasteiger partial charge on any atom is 0.146 e. The number of nitrogens with one attached hydrogen (secondary N) is 1. The first-order valence-corrected chi connectivity index (χ1v) is 7.63. The van der Waals surface area contributed by atoms with Gasteiger partial charge in [-0.05, 0) is 29.8 Å². The lowest BCUT2D eigenvalue weighted by atomic mass is 10.1. The van der Waals surface area contributed by atoms with Crippen LogP contribution in [0.25, 0.3) is 0 Å². The number of hydrogen-bond donors (Lipinski definition) is 2. The van der Waals surface area contributed by atoms with E-state index in [2.05, 4.69) is 5.32 Å². The van der Waals surface area contributed by atoms with Crippen molar-refractivity contribution in [3.63, 3.8) is 0 Å². The zero-order valence-electron chi connectivity index (χ0n) is 12.9. The second-order valence-electron chi connectivity index (χ2n) is 5.20. The van der Waals surface area contributed by atoms with Crippen molar-refractivity contribution >= 4 is 5.69 Å². The Morgan fingerprint density at radius 1 is 1.09 bits per heavy atom. The number of benzene rings is 2. The summed E-state index contributed by atoms with van der Waals surface area (Å²) in [4.78, 5) is 1.88. The number of anilines is 1. The van der Waals surface area contributed by atoms with Gasteiger partial charge in [0.2, 0.25) is 0 Å². The lowest BCUT2D eigenvalue weighted by Crippen LogP contribution is -2.27. The third-order valence-corrected chi connectivity index (χ3v) is 3.52. The maximum atomic E-state index is 14.2. The fourth-order valence-electron chi connectivity index (χ4n) is 2.39. The van der Waals surface area contributed by atoms with E-state index in [1.165, 1.54) is 6.07 Å². The van der Waals surface area contributed by atoms with Crippen molar-refractivity contribution in [3.8, 4) is 0 Å². The molecule has 0 saturated heterocycles. The van der Waals surface area contributed by atoms with Gasteiger partial charge in [-0.3, -0.25) is 0 Å². The fourth-order valence-corrected chi connectivity index (χ4v) is 2.39. The molecule has 0 bridgehead atoms. The molecule has 0 heterocycles. The van der Waals surface area contributed by atoms with Gasteiger partial charge in [0.15, 0.2) is 0 Å². The minimum Gasteiger partial charge on any atom is -0.395 e. The standard InChI is InChI=1S/C18H23FN2O/c1-2-20-13-16-8-9-17(19)18(12-16)21(10-11-22)14-15-6-4-3-5-7-15/h3-9,12,20,22H,2,10-11,13-14H2,1H3. The first-order chi connectivity index (χ1) is 10.7. The molecule has 0 radical (unpaired) electrons. The van der Waals surface area contributed by atoms with Gasteiger partial charge in [0.05, 0.1) is 12.3 Å². The summed E-state index contributed by atoms with van der Waals surface area (Å²) in [6, 6.07) is 15.0. The van der Waals surface area contributed by atoms with Crippen LogP contribution in [0, 0.1) is 5.82 Å². The van der Waals surface area contributed by atoms with Crippen LogP contribution in [-0.4, -0.2) is 24.8 Å². The van der Waals surface area contributed by atoms with Crippen LogP contribution >= 0.6 is 0 Å². The van der Waals surface area contributed by atoms with E-state index < -0.39 is 0 Å². The third-order valence-electron chi connectivity index (χ3n) is 3.52. The Morgan fingerprint density at radius 2 is 1.86 bits per heavy atom. The van der Waals surface area contributed by atoms with Crippen molar-refractivity contribution in [2.45, 2.75) is 20.0 Å². The number of halogens is 1. The zero-order chi connectivity index (χ0) is 15.8. The Kier molecular flexibility index (Phi) is 6.37. The lowest BCUT2D eigenvalue weighted by Gasteiger charge is -2.25. The van der Waals surface area contributed by atoms with Crippen LogP contribution in [0.2, 0.25) is 0 Å². The normalized spacial score (nSPS) is 10.7.